The zero-order valence-electron chi connectivity index (χ0n) is 10.3. The first-order valence-corrected chi connectivity index (χ1v) is 6.49. The normalized spacial score (nSPS) is 20.3. The molecule has 0 aromatic carbocycles. The number of nitrogens with one attached hydrogen (secondary N) is 1. The van der Waals surface area contributed by atoms with Gasteiger partial charge in [-0.05, 0) is 37.5 Å². The summed E-state index contributed by atoms with van der Waals surface area (Å²) >= 11 is 0. The van der Waals surface area contributed by atoms with Crippen LogP contribution in [0.2, 0.25) is 0 Å². The average molecular weight is 256 g/mol. The van der Waals surface area contributed by atoms with Crippen molar-refractivity contribution in [2.24, 2.45) is 11.8 Å². The molecule has 2 fully saturated rings. The third-order valence-electron chi connectivity index (χ3n) is 3.42. The lowest BCUT2D eigenvalue weighted by Crippen LogP contribution is -2.50. The summed E-state index contributed by atoms with van der Waals surface area (Å²) in [6.45, 7) is 0.835. The molecular weight excluding hydrogens is 236 g/mol. The molecule has 0 aromatic heterocycles. The minimum Gasteiger partial charge on any atom is -0.480 e. The van der Waals surface area contributed by atoms with Crippen LogP contribution in [-0.2, 0) is 4.79 Å². The average Bonchev–Trinajstić information content (AvgIpc) is 3.18. The molecule has 2 amide bonds. The Bertz CT molecular complexity index is 312. The van der Waals surface area contributed by atoms with Crippen LogP contribution in [0, 0.1) is 11.8 Å². The van der Waals surface area contributed by atoms with Crippen molar-refractivity contribution in [2.75, 3.05) is 19.7 Å². The summed E-state index contributed by atoms with van der Waals surface area (Å²) in [7, 11) is 0. The van der Waals surface area contributed by atoms with E-state index in [0.29, 0.717) is 24.9 Å². The molecule has 0 bridgehead atoms. The number of nitrogens with zero attached hydrogens (tertiary/aromatic N) is 1. The Morgan fingerprint density at radius 3 is 2.00 bits per heavy atom. The molecule has 1 unspecified atom stereocenters. The molecule has 6 heteroatoms. The predicted octanol–water partition coefficient (Wildman–Crippen LogP) is 0.263. The van der Waals surface area contributed by atoms with Crippen LogP contribution >= 0.6 is 0 Å². The lowest BCUT2D eigenvalue weighted by molar-refractivity contribution is -0.140. The van der Waals surface area contributed by atoms with Crippen molar-refractivity contribution in [3.63, 3.8) is 0 Å². The molecule has 2 rings (SSSR count). The Hall–Kier alpha value is -1.30. The Kier molecular flexibility index (Phi) is 4.06. The summed E-state index contributed by atoms with van der Waals surface area (Å²) in [5, 5.41) is 20.1. The van der Waals surface area contributed by atoms with Crippen molar-refractivity contribution in [3.05, 3.63) is 0 Å². The fraction of sp³-hybridized carbons (Fsp3) is 0.833. The molecule has 102 valence electrons. The number of rotatable bonds is 7. The molecule has 0 aliphatic heterocycles. The van der Waals surface area contributed by atoms with E-state index in [1.54, 1.807) is 4.90 Å². The number of urea groups is 1. The molecule has 6 nitrogen and oxygen atoms in total. The molecule has 1 atom stereocenters. The smallest absolute Gasteiger partial charge is 0.328 e. The fourth-order valence-corrected chi connectivity index (χ4v) is 1.89. The SMILES string of the molecule is O=C(O)C(CO)NC(=O)N(CC1CC1)CC1CC1. The van der Waals surface area contributed by atoms with Gasteiger partial charge in [0.25, 0.3) is 0 Å². The van der Waals surface area contributed by atoms with Crippen LogP contribution in [0.15, 0.2) is 0 Å². The fourth-order valence-electron chi connectivity index (χ4n) is 1.89. The summed E-state index contributed by atoms with van der Waals surface area (Å²) in [5.74, 6) is -0.0533. The van der Waals surface area contributed by atoms with Gasteiger partial charge in [-0.2, -0.15) is 0 Å². The van der Waals surface area contributed by atoms with Crippen LogP contribution in [0.5, 0.6) is 0 Å². The minimum atomic E-state index is -1.21. The quantitative estimate of drug-likeness (QED) is 0.609. The number of hydrogen-bond acceptors (Lipinski definition) is 3. The third kappa shape index (κ3) is 3.87. The molecule has 2 aliphatic rings. The van der Waals surface area contributed by atoms with E-state index in [0.717, 1.165) is 25.7 Å². The van der Waals surface area contributed by atoms with Crippen molar-refractivity contribution in [3.8, 4) is 0 Å². The minimum absolute atomic E-state index is 0.366. The van der Waals surface area contributed by atoms with Gasteiger partial charge in [-0.3, -0.25) is 0 Å². The Balaban J connectivity index is 1.86. The Morgan fingerprint density at radius 2 is 1.67 bits per heavy atom. The summed E-state index contributed by atoms with van der Waals surface area (Å²) in [6, 6.07) is -1.58. The van der Waals surface area contributed by atoms with E-state index in [-0.39, 0.29) is 6.03 Å². The highest BCUT2D eigenvalue weighted by atomic mass is 16.4. The second-order valence-electron chi connectivity index (χ2n) is 5.31. The van der Waals surface area contributed by atoms with Gasteiger partial charge in [-0.1, -0.05) is 0 Å². The topological polar surface area (TPSA) is 89.9 Å². The van der Waals surface area contributed by atoms with Crippen molar-refractivity contribution in [1.82, 2.24) is 10.2 Å². The lowest BCUT2D eigenvalue weighted by atomic mass is 10.3. The van der Waals surface area contributed by atoms with Crippen molar-refractivity contribution >= 4 is 12.0 Å². The molecule has 0 radical (unpaired) electrons. The van der Waals surface area contributed by atoms with Gasteiger partial charge in [0.15, 0.2) is 6.04 Å². The number of carbonyl (C=O) groups is 2. The number of hydrogen-bond donors (Lipinski definition) is 3. The van der Waals surface area contributed by atoms with E-state index in [1.807, 2.05) is 0 Å². The number of carboxylic acids is 1. The predicted molar refractivity (Wildman–Crippen MR) is 64.1 cm³/mol. The van der Waals surface area contributed by atoms with Crippen molar-refractivity contribution in [1.29, 1.82) is 0 Å². The van der Waals surface area contributed by atoms with Gasteiger partial charge in [0.1, 0.15) is 0 Å². The van der Waals surface area contributed by atoms with Crippen LogP contribution in [0.1, 0.15) is 25.7 Å². The molecule has 0 spiro atoms. The van der Waals surface area contributed by atoms with E-state index in [2.05, 4.69) is 5.32 Å². The Morgan fingerprint density at radius 1 is 1.17 bits per heavy atom. The van der Waals surface area contributed by atoms with Crippen LogP contribution in [-0.4, -0.2) is 52.9 Å². The first-order valence-electron chi connectivity index (χ1n) is 6.49. The van der Waals surface area contributed by atoms with Gasteiger partial charge < -0.3 is 20.4 Å². The molecule has 2 saturated carbocycles. The highest BCUT2D eigenvalue weighted by molar-refractivity contribution is 5.82. The molecule has 3 N–H and O–H groups in total. The van der Waals surface area contributed by atoms with Crippen LogP contribution < -0.4 is 5.32 Å². The van der Waals surface area contributed by atoms with Gasteiger partial charge in [-0.15, -0.1) is 0 Å². The monoisotopic (exact) mass is 256 g/mol. The number of carbonyl (C=O) groups excluding carboxylic acids is 1. The van der Waals surface area contributed by atoms with Crippen LogP contribution in [0.25, 0.3) is 0 Å². The van der Waals surface area contributed by atoms with Gasteiger partial charge in [0.05, 0.1) is 6.61 Å². The molecular formula is C12H20N2O4. The van der Waals surface area contributed by atoms with Crippen molar-refractivity contribution < 1.29 is 19.8 Å². The second kappa shape index (κ2) is 5.56. The Labute approximate surface area is 106 Å². The van der Waals surface area contributed by atoms with E-state index >= 15 is 0 Å². The van der Waals surface area contributed by atoms with Crippen molar-refractivity contribution in [2.45, 2.75) is 31.7 Å². The lowest BCUT2D eigenvalue weighted by Gasteiger charge is -2.24. The number of amides is 2. The maximum absolute atomic E-state index is 12.0. The largest absolute Gasteiger partial charge is 0.480 e. The molecule has 18 heavy (non-hydrogen) atoms. The summed E-state index contributed by atoms with van der Waals surface area (Å²) in [5.41, 5.74) is 0. The molecule has 0 heterocycles. The van der Waals surface area contributed by atoms with E-state index in [4.69, 9.17) is 10.2 Å². The summed E-state index contributed by atoms with van der Waals surface area (Å²) < 4.78 is 0. The maximum Gasteiger partial charge on any atom is 0.328 e. The molecule has 2 aliphatic carbocycles. The van der Waals surface area contributed by atoms with E-state index in [9.17, 15) is 9.59 Å². The van der Waals surface area contributed by atoms with E-state index in [1.165, 1.54) is 0 Å². The molecule has 0 aromatic rings. The van der Waals surface area contributed by atoms with Gasteiger partial charge in [0, 0.05) is 13.1 Å². The number of carboxylic acid groups (broad SMARTS) is 1. The highest BCUT2D eigenvalue weighted by Gasteiger charge is 2.32. The second-order valence-corrected chi connectivity index (χ2v) is 5.31. The zero-order chi connectivity index (χ0) is 13.1. The first kappa shape index (κ1) is 13.1. The first-order chi connectivity index (χ1) is 8.60. The highest BCUT2D eigenvalue weighted by Crippen LogP contribution is 2.33. The molecule has 0 saturated heterocycles. The maximum atomic E-state index is 12.0. The van der Waals surface area contributed by atoms with Crippen LogP contribution in [0.3, 0.4) is 0 Å². The summed E-state index contributed by atoms with van der Waals surface area (Å²) in [4.78, 5) is 24.5. The number of aliphatic carboxylic acids is 1. The van der Waals surface area contributed by atoms with Gasteiger partial charge in [0.2, 0.25) is 0 Å². The number of aliphatic hydroxyl groups excluding tert-OH is 1. The number of aliphatic hydroxyl groups is 1. The third-order valence-corrected chi connectivity index (χ3v) is 3.42. The summed E-state index contributed by atoms with van der Waals surface area (Å²) in [6.07, 6.45) is 4.60. The van der Waals surface area contributed by atoms with Gasteiger partial charge in [-0.25, -0.2) is 9.59 Å². The van der Waals surface area contributed by atoms with Crippen LogP contribution in [0.4, 0.5) is 4.79 Å². The van der Waals surface area contributed by atoms with E-state index < -0.39 is 18.6 Å². The standard InChI is InChI=1S/C12H20N2O4/c15-7-10(11(16)17)13-12(18)14(5-8-1-2-8)6-9-3-4-9/h8-10,15H,1-7H2,(H,13,18)(H,16,17). The zero-order valence-corrected chi connectivity index (χ0v) is 10.3. The van der Waals surface area contributed by atoms with Gasteiger partial charge >= 0.3 is 12.0 Å².